The van der Waals surface area contributed by atoms with Gasteiger partial charge in [0.05, 0.1) is 23.0 Å². The largest absolute Gasteiger partial charge is 0.356 e. The lowest BCUT2D eigenvalue weighted by atomic mass is 9.94. The predicted molar refractivity (Wildman–Crippen MR) is 105 cm³/mol. The van der Waals surface area contributed by atoms with Gasteiger partial charge >= 0.3 is 0 Å². The molecular formula is C20H29N5O2. The molecule has 1 atom stereocenters. The first-order valence-corrected chi connectivity index (χ1v) is 9.71. The third-order valence-electron chi connectivity index (χ3n) is 5.21. The highest BCUT2D eigenvalue weighted by molar-refractivity contribution is 5.77. The third-order valence-corrected chi connectivity index (χ3v) is 5.21. The number of anilines is 1. The van der Waals surface area contributed by atoms with E-state index >= 15 is 0 Å². The minimum Gasteiger partial charge on any atom is -0.356 e. The molecule has 3 heterocycles. The van der Waals surface area contributed by atoms with Gasteiger partial charge in [-0.25, -0.2) is 9.97 Å². The highest BCUT2D eigenvalue weighted by Gasteiger charge is 2.32. The van der Waals surface area contributed by atoms with Gasteiger partial charge in [0, 0.05) is 38.8 Å². The van der Waals surface area contributed by atoms with E-state index < -0.39 is 0 Å². The van der Waals surface area contributed by atoms with Crippen molar-refractivity contribution < 1.29 is 9.32 Å². The number of hydrogen-bond donors (Lipinski definition) is 0. The summed E-state index contributed by atoms with van der Waals surface area (Å²) in [6, 6.07) is -0.0562. The van der Waals surface area contributed by atoms with Gasteiger partial charge in [0.2, 0.25) is 11.9 Å². The molecule has 1 aliphatic rings. The Morgan fingerprint density at radius 3 is 2.74 bits per heavy atom. The van der Waals surface area contributed by atoms with Crippen LogP contribution in [0.3, 0.4) is 0 Å². The number of aromatic nitrogens is 3. The molecule has 1 fully saturated rings. The topological polar surface area (TPSA) is 75.4 Å². The van der Waals surface area contributed by atoms with Crippen LogP contribution in [0, 0.1) is 13.8 Å². The highest BCUT2D eigenvalue weighted by atomic mass is 16.5. The fraction of sp³-hybridized carbons (Fsp3) is 0.600. The van der Waals surface area contributed by atoms with Crippen LogP contribution in [0.25, 0.3) is 11.3 Å². The number of nitrogens with zero attached hydrogens (tertiary/aromatic N) is 5. The van der Waals surface area contributed by atoms with Crippen molar-refractivity contribution >= 4 is 11.9 Å². The van der Waals surface area contributed by atoms with Crippen molar-refractivity contribution in [2.45, 2.75) is 58.9 Å². The van der Waals surface area contributed by atoms with E-state index in [-0.39, 0.29) is 11.9 Å². The second-order valence-electron chi connectivity index (χ2n) is 7.43. The molecule has 0 aromatic carbocycles. The van der Waals surface area contributed by atoms with Crippen LogP contribution in [0.2, 0.25) is 0 Å². The van der Waals surface area contributed by atoms with Crippen molar-refractivity contribution in [1.82, 2.24) is 20.0 Å². The Balaban J connectivity index is 2.11. The molecular weight excluding hydrogens is 342 g/mol. The number of carbonyl (C=O) groups excluding carboxylic acids is 1. The van der Waals surface area contributed by atoms with Gasteiger partial charge in [0.1, 0.15) is 0 Å². The molecule has 0 N–H and O–H groups in total. The minimum atomic E-state index is -0.0562. The van der Waals surface area contributed by atoms with Gasteiger partial charge in [-0.15, -0.1) is 0 Å². The SMILES string of the molecule is CCCC(=O)N1CCCC[C@@H]1c1nc(N(C)C)ncc1-c1onc(C)c1C. The molecule has 2 aromatic rings. The summed E-state index contributed by atoms with van der Waals surface area (Å²) in [7, 11) is 3.84. The highest BCUT2D eigenvalue weighted by Crippen LogP contribution is 2.38. The van der Waals surface area contributed by atoms with Gasteiger partial charge < -0.3 is 14.3 Å². The molecule has 27 heavy (non-hydrogen) atoms. The van der Waals surface area contributed by atoms with E-state index in [1.54, 1.807) is 0 Å². The van der Waals surface area contributed by atoms with Crippen LogP contribution in [0.4, 0.5) is 5.95 Å². The summed E-state index contributed by atoms with van der Waals surface area (Å²) in [6.45, 7) is 6.73. The molecule has 0 saturated carbocycles. The van der Waals surface area contributed by atoms with E-state index in [2.05, 4.69) is 10.1 Å². The van der Waals surface area contributed by atoms with Crippen LogP contribution in [0.15, 0.2) is 10.7 Å². The van der Waals surface area contributed by atoms with Crippen LogP contribution in [0.1, 0.15) is 62.0 Å². The molecule has 1 saturated heterocycles. The van der Waals surface area contributed by atoms with Crippen LogP contribution >= 0.6 is 0 Å². The molecule has 0 radical (unpaired) electrons. The molecule has 1 aliphatic heterocycles. The van der Waals surface area contributed by atoms with Gasteiger partial charge in [-0.2, -0.15) is 0 Å². The Morgan fingerprint density at radius 1 is 1.33 bits per heavy atom. The summed E-state index contributed by atoms with van der Waals surface area (Å²) in [5, 5.41) is 4.10. The zero-order valence-corrected chi connectivity index (χ0v) is 16.9. The summed E-state index contributed by atoms with van der Waals surface area (Å²) in [5.74, 6) is 1.53. The fourth-order valence-electron chi connectivity index (χ4n) is 3.57. The molecule has 7 heteroatoms. The smallest absolute Gasteiger partial charge is 0.225 e. The second kappa shape index (κ2) is 8.06. The number of hydrogen-bond acceptors (Lipinski definition) is 6. The van der Waals surface area contributed by atoms with Gasteiger partial charge in [0.15, 0.2) is 5.76 Å². The number of likely N-dealkylation sites (tertiary alicyclic amines) is 1. The fourth-order valence-corrected chi connectivity index (χ4v) is 3.57. The first kappa shape index (κ1) is 19.3. The maximum atomic E-state index is 12.8. The number of piperidine rings is 1. The van der Waals surface area contributed by atoms with E-state index in [9.17, 15) is 4.79 Å². The van der Waals surface area contributed by atoms with Crippen molar-refractivity contribution in [3.63, 3.8) is 0 Å². The third kappa shape index (κ3) is 3.82. The molecule has 3 rings (SSSR count). The van der Waals surface area contributed by atoms with Crippen molar-refractivity contribution in [2.75, 3.05) is 25.5 Å². The number of rotatable bonds is 5. The van der Waals surface area contributed by atoms with E-state index in [0.29, 0.717) is 18.1 Å². The summed E-state index contributed by atoms with van der Waals surface area (Å²) >= 11 is 0. The van der Waals surface area contributed by atoms with E-state index in [1.807, 2.05) is 50.9 Å². The van der Waals surface area contributed by atoms with E-state index in [1.165, 1.54) is 0 Å². The van der Waals surface area contributed by atoms with E-state index in [4.69, 9.17) is 9.51 Å². The predicted octanol–water partition coefficient (Wildman–Crippen LogP) is 3.67. The van der Waals surface area contributed by atoms with Gasteiger partial charge in [0.25, 0.3) is 0 Å². The molecule has 0 unspecified atom stereocenters. The van der Waals surface area contributed by atoms with Gasteiger partial charge in [-0.3, -0.25) is 4.79 Å². The van der Waals surface area contributed by atoms with Crippen molar-refractivity contribution in [2.24, 2.45) is 0 Å². The molecule has 0 aliphatic carbocycles. The lowest BCUT2D eigenvalue weighted by Crippen LogP contribution is -2.39. The average molecular weight is 371 g/mol. The second-order valence-corrected chi connectivity index (χ2v) is 7.43. The first-order valence-electron chi connectivity index (χ1n) is 9.71. The van der Waals surface area contributed by atoms with Crippen LogP contribution in [0.5, 0.6) is 0 Å². The Bertz CT molecular complexity index is 815. The molecule has 146 valence electrons. The van der Waals surface area contributed by atoms with Gasteiger partial charge in [-0.05, 0) is 39.5 Å². The summed E-state index contributed by atoms with van der Waals surface area (Å²) in [4.78, 5) is 26.0. The standard InChI is InChI=1S/C20H29N5O2/c1-6-9-17(26)25-11-8-7-10-16(25)18-15(12-21-20(22-18)24(4)5)19-13(2)14(3)23-27-19/h12,16H,6-11H2,1-5H3/t16-/m1/s1. The van der Waals surface area contributed by atoms with Crippen LogP contribution in [-0.2, 0) is 4.79 Å². The Labute approximate surface area is 160 Å². The summed E-state index contributed by atoms with van der Waals surface area (Å²) < 4.78 is 5.61. The van der Waals surface area contributed by atoms with Crippen molar-refractivity contribution in [1.29, 1.82) is 0 Å². The van der Waals surface area contributed by atoms with E-state index in [0.717, 1.165) is 54.7 Å². The maximum Gasteiger partial charge on any atom is 0.225 e. The molecule has 7 nitrogen and oxygen atoms in total. The first-order chi connectivity index (χ1) is 12.9. The van der Waals surface area contributed by atoms with Crippen molar-refractivity contribution in [3.8, 4) is 11.3 Å². The number of carbonyl (C=O) groups is 1. The maximum absolute atomic E-state index is 12.8. The quantitative estimate of drug-likeness (QED) is 0.798. The Morgan fingerprint density at radius 2 is 2.11 bits per heavy atom. The summed E-state index contributed by atoms with van der Waals surface area (Å²) in [6.07, 6.45) is 6.24. The average Bonchev–Trinajstić information content (AvgIpc) is 3.00. The number of aryl methyl sites for hydroxylation is 1. The Hall–Kier alpha value is -2.44. The molecule has 1 amide bonds. The van der Waals surface area contributed by atoms with Crippen molar-refractivity contribution in [3.05, 3.63) is 23.1 Å². The zero-order chi connectivity index (χ0) is 19.6. The monoisotopic (exact) mass is 371 g/mol. The number of amides is 1. The van der Waals surface area contributed by atoms with Crippen LogP contribution in [-0.4, -0.2) is 46.6 Å². The Kier molecular flexibility index (Phi) is 5.77. The van der Waals surface area contributed by atoms with Gasteiger partial charge in [-0.1, -0.05) is 12.1 Å². The summed E-state index contributed by atoms with van der Waals surface area (Å²) in [5.41, 5.74) is 3.53. The molecule has 0 spiro atoms. The zero-order valence-electron chi connectivity index (χ0n) is 16.9. The van der Waals surface area contributed by atoms with Crippen LogP contribution < -0.4 is 4.90 Å². The molecule has 2 aromatic heterocycles. The molecule has 0 bridgehead atoms. The lowest BCUT2D eigenvalue weighted by molar-refractivity contribution is -0.135. The normalized spacial score (nSPS) is 17.2. The minimum absolute atomic E-state index is 0.0562. The lowest BCUT2D eigenvalue weighted by Gasteiger charge is -2.36.